The Bertz CT molecular complexity index is 57.7. The normalized spacial score (nSPS) is 2.40. The van der Waals surface area contributed by atoms with E-state index in [-0.39, 0.29) is 29.6 Å². The van der Waals surface area contributed by atoms with Gasteiger partial charge in [0.05, 0.1) is 0 Å². The van der Waals surface area contributed by atoms with Gasteiger partial charge in [0.25, 0.3) is 0 Å². The molecule has 0 spiro atoms. The van der Waals surface area contributed by atoms with E-state index in [9.17, 15) is 0 Å². The van der Waals surface area contributed by atoms with Crippen LogP contribution in [0.5, 0.6) is 0 Å². The van der Waals surface area contributed by atoms with Crippen molar-refractivity contribution >= 4 is 41.4 Å². The van der Waals surface area contributed by atoms with E-state index < -0.39 is 0 Å². The van der Waals surface area contributed by atoms with Gasteiger partial charge in [0.15, 0.2) is 0 Å². The van der Waals surface area contributed by atoms with Gasteiger partial charge in [-0.15, -0.1) is 0 Å². The molecule has 0 heterocycles. The number of hydrogen-bond acceptors (Lipinski definition) is 2. The molecule has 2 nitrogen and oxygen atoms in total. The van der Waals surface area contributed by atoms with Gasteiger partial charge in [-0.25, -0.2) is 9.59 Å². The molecule has 0 aromatic carbocycles. The minimum atomic E-state index is 0. The third-order valence-electron chi connectivity index (χ3n) is 0.0417. The first-order valence-electron chi connectivity index (χ1n) is 0.658. The van der Waals surface area contributed by atoms with Gasteiger partial charge in [0.1, 0.15) is 0 Å². The van der Waals surface area contributed by atoms with Gasteiger partial charge in [-0.3, -0.25) is 0 Å². The van der Waals surface area contributed by atoms with Gasteiger partial charge in [-0.1, -0.05) is 0 Å². The molecule has 3 heteroatoms. The summed E-state index contributed by atoms with van der Waals surface area (Å²) >= 11 is 0. The molecule has 0 radical (unpaired) electrons. The summed E-state index contributed by atoms with van der Waals surface area (Å²) in [6.07, 6.45) is 0. The van der Waals surface area contributed by atoms with Crippen molar-refractivity contribution in [3.63, 3.8) is 0 Å². The van der Waals surface area contributed by atoms with Crippen LogP contribution in [-0.2, 0) is 9.59 Å². The molecule has 0 fully saturated rings. The number of hydrogen-bond donors (Lipinski definition) is 0. The van der Waals surface area contributed by atoms with Crippen molar-refractivity contribution in [1.82, 2.24) is 0 Å². The monoisotopic (exact) mass is 80.0 g/mol. The molecule has 5 heavy (non-hydrogen) atoms. The Morgan fingerprint density at radius 3 is 1.20 bits per heavy atom. The van der Waals surface area contributed by atoms with Gasteiger partial charge < -0.3 is 0 Å². The second-order valence-corrected chi connectivity index (χ2v) is 0.204. The predicted octanol–water partition coefficient (Wildman–Crippen LogP) is -1.44. The van der Waals surface area contributed by atoms with E-state index >= 15 is 0 Å². The molecule has 0 N–H and O–H groups in total. The summed E-state index contributed by atoms with van der Waals surface area (Å²) in [6, 6.07) is 0. The van der Waals surface area contributed by atoms with E-state index in [1.54, 1.807) is 0 Å². The maximum absolute atomic E-state index is 8.62. The Morgan fingerprint density at radius 1 is 1.00 bits per heavy atom. The summed E-state index contributed by atoms with van der Waals surface area (Å²) in [5.41, 5.74) is 0. The van der Waals surface area contributed by atoms with E-state index in [4.69, 9.17) is 9.59 Å². The van der Waals surface area contributed by atoms with E-state index in [1.807, 2.05) is 0 Å². The number of carbonyl (C=O) groups excluding carboxylic acids is 2. The quantitative estimate of drug-likeness (QED) is 0.264. The topological polar surface area (TPSA) is 34.1 Å². The number of rotatable bonds is 0. The molecule has 0 unspecified atom stereocenters. The molecule has 0 amide bonds. The van der Waals surface area contributed by atoms with E-state index in [0.717, 1.165) is 11.9 Å². The van der Waals surface area contributed by atoms with E-state index in [1.165, 1.54) is 0 Å². The third kappa shape index (κ3) is 14.4. The van der Waals surface area contributed by atoms with Crippen molar-refractivity contribution in [1.29, 1.82) is 0 Å². The molecule has 0 saturated carbocycles. The van der Waals surface area contributed by atoms with Gasteiger partial charge in [-0.2, -0.15) is 0 Å². The van der Waals surface area contributed by atoms with E-state index in [2.05, 4.69) is 0 Å². The summed E-state index contributed by atoms with van der Waals surface area (Å²) < 4.78 is 0. The van der Waals surface area contributed by atoms with Crippen molar-refractivity contribution in [3.05, 3.63) is 0 Å². The molecule has 0 aliphatic rings. The molecular formula is C2HNaO2. The van der Waals surface area contributed by atoms with Crippen LogP contribution in [0.25, 0.3) is 0 Å². The van der Waals surface area contributed by atoms with Gasteiger partial charge in [-0.05, 0) is 0 Å². The van der Waals surface area contributed by atoms with Crippen LogP contribution in [-0.4, -0.2) is 41.4 Å². The zero-order chi connectivity index (χ0) is 3.41. The second-order valence-electron chi connectivity index (χ2n) is 0.204. The first-order valence-corrected chi connectivity index (χ1v) is 0.658. The van der Waals surface area contributed by atoms with Crippen LogP contribution in [0.3, 0.4) is 0 Å². The first kappa shape index (κ1) is 8.94. The summed E-state index contributed by atoms with van der Waals surface area (Å²) in [5.74, 6) is 1.75. The van der Waals surface area contributed by atoms with Crippen LogP contribution in [0.15, 0.2) is 0 Å². The molecule has 0 saturated heterocycles. The predicted molar refractivity (Wildman–Crippen MR) is 18.5 cm³/mol. The van der Waals surface area contributed by atoms with Crippen molar-refractivity contribution in [3.8, 4) is 0 Å². The molecule has 0 bridgehead atoms. The second kappa shape index (κ2) is 8.90. The van der Waals surface area contributed by atoms with Crippen molar-refractivity contribution in [2.75, 3.05) is 0 Å². The third-order valence-corrected chi connectivity index (χ3v) is 0.0417. The Morgan fingerprint density at radius 2 is 1.20 bits per heavy atom. The van der Waals surface area contributed by atoms with E-state index in [0.29, 0.717) is 0 Å². The van der Waals surface area contributed by atoms with Gasteiger partial charge in [0.2, 0.25) is 11.9 Å². The summed E-state index contributed by atoms with van der Waals surface area (Å²) in [4.78, 5) is 17.2. The van der Waals surface area contributed by atoms with Crippen LogP contribution >= 0.6 is 0 Å². The molecular weight excluding hydrogens is 79.0 g/mol. The Kier molecular flexibility index (Phi) is 15.9. The molecule has 0 aromatic heterocycles. The average molecular weight is 80.0 g/mol. The summed E-state index contributed by atoms with van der Waals surface area (Å²) in [5, 5.41) is 0. The average Bonchev–Trinajstić information content (AvgIpc) is 1.37. The van der Waals surface area contributed by atoms with Gasteiger partial charge in [0, 0.05) is 0 Å². The SMILES string of the molecule is O=C=C=O.[NaH]. The summed E-state index contributed by atoms with van der Waals surface area (Å²) in [6.45, 7) is 0. The maximum atomic E-state index is 8.62. The Hall–Kier alpha value is 0.160. The minimum absolute atomic E-state index is 0. The zero-order valence-electron chi connectivity index (χ0n) is 1.82. The van der Waals surface area contributed by atoms with Crippen LogP contribution < -0.4 is 0 Å². The Balaban J connectivity index is 0. The standard InChI is InChI=1S/C2O2.Na.H/c3-1-2-4;;. The van der Waals surface area contributed by atoms with Gasteiger partial charge >= 0.3 is 29.6 Å². The molecule has 22 valence electrons. The summed E-state index contributed by atoms with van der Waals surface area (Å²) in [7, 11) is 0. The van der Waals surface area contributed by atoms with Crippen molar-refractivity contribution < 1.29 is 9.59 Å². The molecule has 0 atom stereocenters. The fourth-order valence-corrected chi connectivity index (χ4v) is 0. The van der Waals surface area contributed by atoms with Crippen molar-refractivity contribution in [2.24, 2.45) is 0 Å². The van der Waals surface area contributed by atoms with Crippen LogP contribution in [0.4, 0.5) is 0 Å². The van der Waals surface area contributed by atoms with Crippen LogP contribution in [0.2, 0.25) is 0 Å². The molecule has 0 aliphatic heterocycles. The molecule has 0 aromatic rings. The fraction of sp³-hybridized carbons (Fsp3) is 0. The fourth-order valence-electron chi connectivity index (χ4n) is 0. The van der Waals surface area contributed by atoms with Crippen LogP contribution in [0, 0.1) is 0 Å². The molecule has 0 rings (SSSR count). The van der Waals surface area contributed by atoms with Crippen LogP contribution in [0.1, 0.15) is 0 Å². The Labute approximate surface area is 51.2 Å². The first-order chi connectivity index (χ1) is 1.91. The zero-order valence-corrected chi connectivity index (χ0v) is 1.82. The molecule has 0 aliphatic carbocycles. The van der Waals surface area contributed by atoms with Crippen molar-refractivity contribution in [2.45, 2.75) is 0 Å².